The first-order valence-electron chi connectivity index (χ1n) is 5.74. The molecule has 0 bridgehead atoms. The summed E-state index contributed by atoms with van der Waals surface area (Å²) < 4.78 is 5.35. The summed E-state index contributed by atoms with van der Waals surface area (Å²) in [5.74, 6) is 0. The number of aliphatic hydroxyl groups excluding tert-OH is 1. The Hall–Kier alpha value is -0.120. The van der Waals surface area contributed by atoms with E-state index in [0.717, 1.165) is 39.1 Å². The van der Waals surface area contributed by atoms with E-state index < -0.39 is 0 Å². The maximum absolute atomic E-state index is 10.1. The summed E-state index contributed by atoms with van der Waals surface area (Å²) in [6.07, 6.45) is 4.39. The van der Waals surface area contributed by atoms with E-state index >= 15 is 0 Å². The molecule has 3 heteroatoms. The Morgan fingerprint density at radius 1 is 1.29 bits per heavy atom. The van der Waals surface area contributed by atoms with Gasteiger partial charge in [0.25, 0.3) is 0 Å². The van der Waals surface area contributed by atoms with Crippen LogP contribution in [0.3, 0.4) is 0 Å². The molecule has 14 heavy (non-hydrogen) atoms. The summed E-state index contributed by atoms with van der Waals surface area (Å²) in [6, 6.07) is 0. The van der Waals surface area contributed by atoms with Crippen LogP contribution in [0, 0.1) is 0 Å². The molecule has 2 aliphatic rings. The summed E-state index contributed by atoms with van der Waals surface area (Å²) in [7, 11) is 0. The minimum Gasteiger partial charge on any atom is -0.391 e. The van der Waals surface area contributed by atoms with Crippen molar-refractivity contribution in [2.75, 3.05) is 26.3 Å². The number of ether oxygens (including phenoxy) is 1. The molecule has 1 N–H and O–H groups in total. The van der Waals surface area contributed by atoms with Crippen LogP contribution in [0.4, 0.5) is 0 Å². The first-order valence-corrected chi connectivity index (χ1v) is 5.74. The standard InChI is InChI=1S/C11H21NO2/c1-11(5-3-2-4-10(11)13)12-6-8-14-9-7-12/h10,13H,2-9H2,1H3/t10-,11-/m0/s1. The van der Waals surface area contributed by atoms with Crippen LogP contribution >= 0.6 is 0 Å². The van der Waals surface area contributed by atoms with Crippen LogP contribution in [0.15, 0.2) is 0 Å². The smallest absolute Gasteiger partial charge is 0.0721 e. The maximum Gasteiger partial charge on any atom is 0.0721 e. The topological polar surface area (TPSA) is 32.7 Å². The van der Waals surface area contributed by atoms with E-state index in [0.29, 0.717) is 0 Å². The normalized spacial score (nSPS) is 41.1. The molecule has 1 heterocycles. The van der Waals surface area contributed by atoms with E-state index in [1.807, 2.05) is 0 Å². The number of aliphatic hydroxyl groups is 1. The molecule has 0 amide bonds. The third kappa shape index (κ3) is 1.81. The highest BCUT2D eigenvalue weighted by Crippen LogP contribution is 2.33. The van der Waals surface area contributed by atoms with Crippen molar-refractivity contribution in [1.82, 2.24) is 4.90 Å². The lowest BCUT2D eigenvalue weighted by atomic mass is 9.79. The lowest BCUT2D eigenvalue weighted by molar-refractivity contribution is -0.0872. The molecule has 0 unspecified atom stereocenters. The number of hydrogen-bond acceptors (Lipinski definition) is 3. The van der Waals surface area contributed by atoms with Crippen molar-refractivity contribution < 1.29 is 9.84 Å². The third-order valence-electron chi connectivity index (χ3n) is 3.86. The number of hydrogen-bond donors (Lipinski definition) is 1. The van der Waals surface area contributed by atoms with Crippen LogP contribution in [0.2, 0.25) is 0 Å². The van der Waals surface area contributed by atoms with Crippen molar-refractivity contribution in [2.45, 2.75) is 44.2 Å². The summed E-state index contributed by atoms with van der Waals surface area (Å²) in [6.45, 7) is 5.81. The van der Waals surface area contributed by atoms with Gasteiger partial charge in [0.15, 0.2) is 0 Å². The van der Waals surface area contributed by atoms with E-state index in [4.69, 9.17) is 4.74 Å². The van der Waals surface area contributed by atoms with Gasteiger partial charge in [-0.05, 0) is 19.8 Å². The molecule has 82 valence electrons. The molecular weight excluding hydrogens is 178 g/mol. The van der Waals surface area contributed by atoms with Gasteiger partial charge < -0.3 is 9.84 Å². The summed E-state index contributed by atoms with van der Waals surface area (Å²) in [5.41, 5.74) is 0.0159. The fraction of sp³-hybridized carbons (Fsp3) is 1.00. The maximum atomic E-state index is 10.1. The Balaban J connectivity index is 2.03. The van der Waals surface area contributed by atoms with Gasteiger partial charge in [-0.1, -0.05) is 12.8 Å². The van der Waals surface area contributed by atoms with Crippen LogP contribution in [-0.4, -0.2) is 48.0 Å². The number of nitrogens with zero attached hydrogens (tertiary/aromatic N) is 1. The predicted octanol–water partition coefficient (Wildman–Crippen LogP) is 1.01. The summed E-state index contributed by atoms with van der Waals surface area (Å²) >= 11 is 0. The Kier molecular flexibility index (Phi) is 3.10. The van der Waals surface area contributed by atoms with Gasteiger partial charge in [0.1, 0.15) is 0 Å². The average Bonchev–Trinajstić information content (AvgIpc) is 2.24. The van der Waals surface area contributed by atoms with Gasteiger partial charge in [-0.25, -0.2) is 0 Å². The second-order valence-corrected chi connectivity index (χ2v) is 4.72. The van der Waals surface area contributed by atoms with Crippen molar-refractivity contribution in [2.24, 2.45) is 0 Å². The minimum atomic E-state index is -0.144. The van der Waals surface area contributed by atoms with Crippen LogP contribution in [0.1, 0.15) is 32.6 Å². The van der Waals surface area contributed by atoms with Crippen molar-refractivity contribution in [3.63, 3.8) is 0 Å². The zero-order chi connectivity index (χ0) is 10.0. The largest absolute Gasteiger partial charge is 0.391 e. The van der Waals surface area contributed by atoms with E-state index in [2.05, 4.69) is 11.8 Å². The molecule has 0 spiro atoms. The van der Waals surface area contributed by atoms with E-state index in [9.17, 15) is 5.11 Å². The first kappa shape index (κ1) is 10.4. The molecular formula is C11H21NO2. The van der Waals surface area contributed by atoms with Crippen LogP contribution in [-0.2, 0) is 4.74 Å². The summed E-state index contributed by atoms with van der Waals surface area (Å²) in [4.78, 5) is 2.42. The van der Waals surface area contributed by atoms with E-state index in [-0.39, 0.29) is 11.6 Å². The predicted molar refractivity (Wildman–Crippen MR) is 55.3 cm³/mol. The average molecular weight is 199 g/mol. The van der Waals surface area contributed by atoms with Gasteiger partial charge in [0.05, 0.1) is 19.3 Å². The quantitative estimate of drug-likeness (QED) is 0.684. The molecule has 0 aromatic heterocycles. The molecule has 3 nitrogen and oxygen atoms in total. The van der Waals surface area contributed by atoms with Gasteiger partial charge in [-0.2, -0.15) is 0 Å². The van der Waals surface area contributed by atoms with Gasteiger partial charge in [0.2, 0.25) is 0 Å². The molecule has 1 aliphatic heterocycles. The molecule has 0 aromatic carbocycles. The minimum absolute atomic E-state index is 0.0159. The molecule has 1 saturated carbocycles. The van der Waals surface area contributed by atoms with E-state index in [1.54, 1.807) is 0 Å². The molecule has 1 saturated heterocycles. The lowest BCUT2D eigenvalue weighted by Crippen LogP contribution is -2.59. The number of rotatable bonds is 1. The zero-order valence-corrected chi connectivity index (χ0v) is 9.04. The van der Waals surface area contributed by atoms with Gasteiger partial charge >= 0.3 is 0 Å². The van der Waals surface area contributed by atoms with Crippen LogP contribution in [0.5, 0.6) is 0 Å². The highest BCUT2D eigenvalue weighted by atomic mass is 16.5. The van der Waals surface area contributed by atoms with Crippen molar-refractivity contribution in [3.8, 4) is 0 Å². The van der Waals surface area contributed by atoms with Gasteiger partial charge in [-0.15, -0.1) is 0 Å². The Bertz CT molecular complexity index is 192. The highest BCUT2D eigenvalue weighted by Gasteiger charge is 2.40. The van der Waals surface area contributed by atoms with Gasteiger partial charge in [0, 0.05) is 18.6 Å². The van der Waals surface area contributed by atoms with Crippen LogP contribution < -0.4 is 0 Å². The Morgan fingerprint density at radius 2 is 2.00 bits per heavy atom. The SMILES string of the molecule is C[C@]1(N2CCOCC2)CCCC[C@@H]1O. The molecule has 2 rings (SSSR count). The second kappa shape index (κ2) is 4.17. The fourth-order valence-electron chi connectivity index (χ4n) is 2.74. The third-order valence-corrected chi connectivity index (χ3v) is 3.86. The molecule has 0 aromatic rings. The zero-order valence-electron chi connectivity index (χ0n) is 9.04. The molecule has 1 aliphatic carbocycles. The van der Waals surface area contributed by atoms with Crippen LogP contribution in [0.25, 0.3) is 0 Å². The molecule has 0 radical (unpaired) electrons. The monoisotopic (exact) mass is 199 g/mol. The van der Waals surface area contributed by atoms with Gasteiger partial charge in [-0.3, -0.25) is 4.90 Å². The highest BCUT2D eigenvalue weighted by molar-refractivity contribution is 4.96. The fourth-order valence-corrected chi connectivity index (χ4v) is 2.74. The lowest BCUT2D eigenvalue weighted by Gasteiger charge is -2.48. The second-order valence-electron chi connectivity index (χ2n) is 4.72. The summed E-state index contributed by atoms with van der Waals surface area (Å²) in [5, 5.41) is 10.1. The Labute approximate surface area is 86.0 Å². The first-order chi connectivity index (χ1) is 6.73. The van der Waals surface area contributed by atoms with Crippen molar-refractivity contribution >= 4 is 0 Å². The molecule has 2 fully saturated rings. The Morgan fingerprint density at radius 3 is 2.64 bits per heavy atom. The number of morpholine rings is 1. The molecule has 2 atom stereocenters. The van der Waals surface area contributed by atoms with Crippen molar-refractivity contribution in [1.29, 1.82) is 0 Å². The van der Waals surface area contributed by atoms with E-state index in [1.165, 1.54) is 12.8 Å². The van der Waals surface area contributed by atoms with Crippen molar-refractivity contribution in [3.05, 3.63) is 0 Å².